The van der Waals surface area contributed by atoms with Crippen LogP contribution in [0.3, 0.4) is 0 Å². The summed E-state index contributed by atoms with van der Waals surface area (Å²) in [5.74, 6) is 0.936. The maximum atomic E-state index is 4.15. The molecule has 2 aromatic rings. The van der Waals surface area contributed by atoms with Crippen molar-refractivity contribution in [1.82, 2.24) is 25.0 Å². The fraction of sp³-hybridized carbons (Fsp3) is 0.556. The van der Waals surface area contributed by atoms with E-state index in [1.807, 2.05) is 0 Å². The van der Waals surface area contributed by atoms with Gasteiger partial charge >= 0.3 is 0 Å². The second kappa shape index (κ2) is 5.20. The van der Waals surface area contributed by atoms with Crippen LogP contribution in [0.5, 0.6) is 0 Å². The lowest BCUT2D eigenvalue weighted by Crippen LogP contribution is -2.26. The highest BCUT2D eigenvalue weighted by atomic mass is 79.9. The number of fused-ring (bicyclic) bond motifs is 1. The van der Waals surface area contributed by atoms with E-state index >= 15 is 0 Å². The molecule has 0 aromatic carbocycles. The molecule has 16 heavy (non-hydrogen) atoms. The maximum absolute atomic E-state index is 4.15. The SMILES string of the molecule is CCN(CCCBr)c1cncc2nnnn12. The largest absolute Gasteiger partial charge is 0.355 e. The van der Waals surface area contributed by atoms with Gasteiger partial charge in [-0.1, -0.05) is 15.9 Å². The van der Waals surface area contributed by atoms with Crippen LogP contribution in [0.2, 0.25) is 0 Å². The van der Waals surface area contributed by atoms with Gasteiger partial charge in [-0.15, -0.1) is 5.10 Å². The Morgan fingerprint density at radius 1 is 1.44 bits per heavy atom. The molecule has 0 aliphatic carbocycles. The highest BCUT2D eigenvalue weighted by molar-refractivity contribution is 9.09. The first-order valence-corrected chi connectivity index (χ1v) is 6.32. The van der Waals surface area contributed by atoms with Gasteiger partial charge in [0.1, 0.15) is 0 Å². The van der Waals surface area contributed by atoms with Crippen molar-refractivity contribution in [3.8, 4) is 0 Å². The summed E-state index contributed by atoms with van der Waals surface area (Å²) in [4.78, 5) is 6.35. The van der Waals surface area contributed by atoms with Gasteiger partial charge in [-0.3, -0.25) is 4.98 Å². The first-order chi connectivity index (χ1) is 7.86. The summed E-state index contributed by atoms with van der Waals surface area (Å²) in [7, 11) is 0. The average Bonchev–Trinajstić information content (AvgIpc) is 2.78. The zero-order chi connectivity index (χ0) is 11.4. The molecule has 0 saturated carbocycles. The molecule has 0 bridgehead atoms. The molecule has 86 valence electrons. The minimum Gasteiger partial charge on any atom is -0.355 e. The Labute approximate surface area is 102 Å². The van der Waals surface area contributed by atoms with E-state index in [9.17, 15) is 0 Å². The number of rotatable bonds is 5. The topological polar surface area (TPSA) is 59.2 Å². The Morgan fingerprint density at radius 2 is 2.31 bits per heavy atom. The van der Waals surface area contributed by atoms with E-state index in [1.54, 1.807) is 16.9 Å². The number of aromatic nitrogens is 5. The van der Waals surface area contributed by atoms with Crippen LogP contribution in [0.1, 0.15) is 13.3 Å². The third kappa shape index (κ3) is 2.13. The van der Waals surface area contributed by atoms with Crippen LogP contribution in [0, 0.1) is 0 Å². The van der Waals surface area contributed by atoms with Crippen molar-refractivity contribution in [3.63, 3.8) is 0 Å². The van der Waals surface area contributed by atoms with Crippen molar-refractivity contribution in [2.75, 3.05) is 23.3 Å². The second-order valence-electron chi connectivity index (χ2n) is 3.34. The first kappa shape index (κ1) is 11.3. The molecule has 0 atom stereocenters. The predicted octanol–water partition coefficient (Wildman–Crippen LogP) is 1.13. The van der Waals surface area contributed by atoms with Crippen molar-refractivity contribution in [2.24, 2.45) is 0 Å². The third-order valence-electron chi connectivity index (χ3n) is 2.36. The summed E-state index contributed by atoms with van der Waals surface area (Å²) in [5, 5.41) is 12.5. The molecule has 0 amide bonds. The molecule has 2 heterocycles. The Balaban J connectivity index is 2.32. The van der Waals surface area contributed by atoms with Gasteiger partial charge in [-0.05, 0) is 23.8 Å². The minimum atomic E-state index is 0.676. The molecule has 7 heteroatoms. The van der Waals surface area contributed by atoms with Crippen LogP contribution in [0.4, 0.5) is 5.82 Å². The highest BCUT2D eigenvalue weighted by Gasteiger charge is 2.10. The van der Waals surface area contributed by atoms with Gasteiger partial charge in [0.15, 0.2) is 11.5 Å². The molecule has 0 N–H and O–H groups in total. The van der Waals surface area contributed by atoms with Crippen molar-refractivity contribution in [3.05, 3.63) is 12.4 Å². The molecule has 0 fully saturated rings. The number of nitrogens with zero attached hydrogens (tertiary/aromatic N) is 6. The monoisotopic (exact) mass is 284 g/mol. The lowest BCUT2D eigenvalue weighted by molar-refractivity contribution is 0.738. The van der Waals surface area contributed by atoms with E-state index in [0.29, 0.717) is 5.65 Å². The quantitative estimate of drug-likeness (QED) is 0.771. The Bertz CT molecular complexity index is 456. The Morgan fingerprint density at radius 3 is 3.06 bits per heavy atom. The number of hydrogen-bond donors (Lipinski definition) is 0. The first-order valence-electron chi connectivity index (χ1n) is 5.19. The summed E-state index contributed by atoms with van der Waals surface area (Å²) >= 11 is 3.43. The summed E-state index contributed by atoms with van der Waals surface area (Å²) in [6.45, 7) is 3.98. The molecule has 2 rings (SSSR count). The van der Waals surface area contributed by atoms with Crippen LogP contribution in [0.15, 0.2) is 12.4 Å². The van der Waals surface area contributed by atoms with Crippen LogP contribution >= 0.6 is 15.9 Å². The fourth-order valence-electron chi connectivity index (χ4n) is 1.56. The van der Waals surface area contributed by atoms with Crippen molar-refractivity contribution in [2.45, 2.75) is 13.3 Å². The van der Waals surface area contributed by atoms with Crippen molar-refractivity contribution < 1.29 is 0 Å². The molecule has 0 aliphatic rings. The molecular weight excluding hydrogens is 272 g/mol. The molecular formula is C9H13BrN6. The number of anilines is 1. The summed E-state index contributed by atoms with van der Waals surface area (Å²) in [5.41, 5.74) is 0.676. The van der Waals surface area contributed by atoms with E-state index < -0.39 is 0 Å². The van der Waals surface area contributed by atoms with Crippen LogP contribution in [-0.4, -0.2) is 43.4 Å². The lowest BCUT2D eigenvalue weighted by Gasteiger charge is -2.21. The number of tetrazole rings is 1. The standard InChI is InChI=1S/C9H13BrN6/c1-2-15(5-3-4-10)9-7-11-6-8-12-13-14-16(8)9/h6-7H,2-5H2,1H3. The molecule has 0 radical (unpaired) electrons. The molecule has 0 spiro atoms. The van der Waals surface area contributed by atoms with Crippen molar-refractivity contribution in [1.29, 1.82) is 0 Å². The smallest absolute Gasteiger partial charge is 0.199 e. The van der Waals surface area contributed by atoms with E-state index in [2.05, 4.69) is 48.3 Å². The molecule has 2 aromatic heterocycles. The van der Waals surface area contributed by atoms with Gasteiger partial charge in [0.2, 0.25) is 0 Å². The van der Waals surface area contributed by atoms with Gasteiger partial charge < -0.3 is 4.90 Å². The van der Waals surface area contributed by atoms with E-state index in [4.69, 9.17) is 0 Å². The summed E-state index contributed by atoms with van der Waals surface area (Å²) in [6.07, 6.45) is 4.52. The highest BCUT2D eigenvalue weighted by Crippen LogP contribution is 2.13. The second-order valence-corrected chi connectivity index (χ2v) is 4.13. The zero-order valence-electron chi connectivity index (χ0n) is 9.04. The van der Waals surface area contributed by atoms with Gasteiger partial charge in [0, 0.05) is 18.4 Å². The molecule has 6 nitrogen and oxygen atoms in total. The molecule has 0 saturated heterocycles. The summed E-state index contributed by atoms with van der Waals surface area (Å²) < 4.78 is 1.71. The number of hydrogen-bond acceptors (Lipinski definition) is 5. The Kier molecular flexibility index (Phi) is 3.66. The van der Waals surface area contributed by atoms with Gasteiger partial charge in [0.05, 0.1) is 12.4 Å². The van der Waals surface area contributed by atoms with Crippen LogP contribution in [-0.2, 0) is 0 Å². The van der Waals surface area contributed by atoms with E-state index in [0.717, 1.165) is 30.7 Å². The van der Waals surface area contributed by atoms with E-state index in [-0.39, 0.29) is 0 Å². The molecule has 0 unspecified atom stereocenters. The van der Waals surface area contributed by atoms with E-state index in [1.165, 1.54) is 0 Å². The van der Waals surface area contributed by atoms with Crippen molar-refractivity contribution >= 4 is 27.4 Å². The number of alkyl halides is 1. The normalized spacial score (nSPS) is 10.9. The maximum Gasteiger partial charge on any atom is 0.199 e. The zero-order valence-corrected chi connectivity index (χ0v) is 10.6. The number of halogens is 1. The lowest BCUT2D eigenvalue weighted by atomic mass is 10.4. The van der Waals surface area contributed by atoms with Gasteiger partial charge in [0.25, 0.3) is 0 Å². The van der Waals surface area contributed by atoms with Crippen LogP contribution < -0.4 is 4.90 Å². The van der Waals surface area contributed by atoms with Crippen LogP contribution in [0.25, 0.3) is 5.65 Å². The predicted molar refractivity (Wildman–Crippen MR) is 64.9 cm³/mol. The minimum absolute atomic E-state index is 0.676. The summed E-state index contributed by atoms with van der Waals surface area (Å²) in [6, 6.07) is 0. The molecule has 0 aliphatic heterocycles. The fourth-order valence-corrected chi connectivity index (χ4v) is 1.81. The Hall–Kier alpha value is -1.24. The van der Waals surface area contributed by atoms with Gasteiger partial charge in [-0.25, -0.2) is 0 Å². The van der Waals surface area contributed by atoms with Gasteiger partial charge in [-0.2, -0.15) is 4.52 Å². The third-order valence-corrected chi connectivity index (χ3v) is 2.92. The average molecular weight is 285 g/mol.